The van der Waals surface area contributed by atoms with Crippen LogP contribution in [0.1, 0.15) is 26.2 Å². The molecular formula is C7H11BrO2. The Balaban J connectivity index is 3.35. The second-order valence-electron chi connectivity index (χ2n) is 2.21. The van der Waals surface area contributed by atoms with Crippen molar-refractivity contribution in [3.63, 3.8) is 0 Å². The van der Waals surface area contributed by atoms with Crippen LogP contribution in [0.5, 0.6) is 0 Å². The summed E-state index contributed by atoms with van der Waals surface area (Å²) < 4.78 is 0. The quantitative estimate of drug-likeness (QED) is 0.508. The van der Waals surface area contributed by atoms with E-state index in [0.29, 0.717) is 6.42 Å². The number of halogens is 1. The van der Waals surface area contributed by atoms with E-state index in [1.165, 1.54) is 6.92 Å². The summed E-state index contributed by atoms with van der Waals surface area (Å²) in [5.41, 5.74) is 0. The topological polar surface area (TPSA) is 34.1 Å². The Morgan fingerprint density at radius 2 is 2.00 bits per heavy atom. The molecule has 0 amide bonds. The molecule has 3 heteroatoms. The smallest absolute Gasteiger partial charge is 0.140 e. The monoisotopic (exact) mass is 206 g/mol. The maximum atomic E-state index is 10.8. The van der Waals surface area contributed by atoms with E-state index in [0.717, 1.165) is 11.8 Å². The van der Waals surface area contributed by atoms with Crippen LogP contribution in [0.3, 0.4) is 0 Å². The molecule has 0 aliphatic heterocycles. The third kappa shape index (κ3) is 5.95. The largest absolute Gasteiger partial charge is 0.300 e. The van der Waals surface area contributed by atoms with Gasteiger partial charge in [-0.1, -0.05) is 15.9 Å². The Kier molecular flexibility index (Phi) is 5.49. The van der Waals surface area contributed by atoms with Crippen molar-refractivity contribution in [2.24, 2.45) is 0 Å². The average molecular weight is 207 g/mol. The molecule has 0 bridgehead atoms. The Hall–Kier alpha value is -0.180. The molecule has 0 saturated heterocycles. The number of carbonyl (C=O) groups is 2. The Morgan fingerprint density at radius 3 is 2.40 bits per heavy atom. The van der Waals surface area contributed by atoms with Crippen molar-refractivity contribution < 1.29 is 9.59 Å². The Labute approximate surface area is 69.1 Å². The molecule has 0 fully saturated rings. The number of rotatable bonds is 5. The lowest BCUT2D eigenvalue weighted by molar-refractivity contribution is -0.125. The van der Waals surface area contributed by atoms with Gasteiger partial charge in [0, 0.05) is 11.8 Å². The first-order valence-electron chi connectivity index (χ1n) is 3.24. The third-order valence-corrected chi connectivity index (χ3v) is 1.60. The molecule has 0 N–H and O–H groups in total. The van der Waals surface area contributed by atoms with Gasteiger partial charge >= 0.3 is 0 Å². The van der Waals surface area contributed by atoms with Crippen LogP contribution in [-0.2, 0) is 9.59 Å². The lowest BCUT2D eigenvalue weighted by Gasteiger charge is -1.93. The van der Waals surface area contributed by atoms with Crippen molar-refractivity contribution in [3.05, 3.63) is 0 Å². The van der Waals surface area contributed by atoms with Crippen LogP contribution in [0.25, 0.3) is 0 Å². The molecule has 0 aromatic heterocycles. The number of hydrogen-bond acceptors (Lipinski definition) is 2. The summed E-state index contributed by atoms with van der Waals surface area (Å²) in [4.78, 5) is 21.2. The SMILES string of the molecule is CC(=O)CC(=O)CCCBr. The molecule has 0 saturated carbocycles. The fourth-order valence-corrected chi connectivity index (χ4v) is 0.910. The molecule has 2 nitrogen and oxygen atoms in total. The van der Waals surface area contributed by atoms with Crippen LogP contribution < -0.4 is 0 Å². The lowest BCUT2D eigenvalue weighted by Crippen LogP contribution is -2.03. The molecule has 0 aromatic carbocycles. The van der Waals surface area contributed by atoms with Crippen molar-refractivity contribution in [1.29, 1.82) is 0 Å². The first kappa shape index (κ1) is 9.82. The minimum atomic E-state index is -0.0421. The van der Waals surface area contributed by atoms with Gasteiger partial charge < -0.3 is 0 Å². The van der Waals surface area contributed by atoms with E-state index < -0.39 is 0 Å². The van der Waals surface area contributed by atoms with Crippen LogP contribution in [-0.4, -0.2) is 16.9 Å². The molecule has 10 heavy (non-hydrogen) atoms. The summed E-state index contributed by atoms with van der Waals surface area (Å²) in [6.07, 6.45) is 1.45. The highest BCUT2D eigenvalue weighted by Crippen LogP contribution is 1.98. The zero-order valence-electron chi connectivity index (χ0n) is 6.02. The third-order valence-electron chi connectivity index (χ3n) is 1.04. The standard InChI is InChI=1S/C7H11BrO2/c1-6(9)5-7(10)3-2-4-8/h2-5H2,1H3. The fourth-order valence-electron chi connectivity index (χ4n) is 0.630. The van der Waals surface area contributed by atoms with Gasteiger partial charge in [0.1, 0.15) is 11.6 Å². The summed E-state index contributed by atoms with van der Waals surface area (Å²) in [6.45, 7) is 1.44. The second-order valence-corrected chi connectivity index (χ2v) is 3.00. The predicted octanol–water partition coefficient (Wildman–Crippen LogP) is 1.71. The van der Waals surface area contributed by atoms with E-state index in [1.54, 1.807) is 0 Å². The fraction of sp³-hybridized carbons (Fsp3) is 0.714. The predicted molar refractivity (Wildman–Crippen MR) is 43.3 cm³/mol. The van der Waals surface area contributed by atoms with Gasteiger partial charge in [0.05, 0.1) is 6.42 Å². The maximum Gasteiger partial charge on any atom is 0.140 e. The molecule has 0 unspecified atom stereocenters. The number of Topliss-reactive ketones (excluding diaryl/α,β-unsaturated/α-hetero) is 2. The van der Waals surface area contributed by atoms with E-state index in [1.807, 2.05) is 0 Å². The summed E-state index contributed by atoms with van der Waals surface area (Å²) in [5, 5.41) is 0.830. The molecular weight excluding hydrogens is 196 g/mol. The van der Waals surface area contributed by atoms with Gasteiger partial charge in [0.15, 0.2) is 0 Å². The zero-order chi connectivity index (χ0) is 7.98. The summed E-state index contributed by atoms with van der Waals surface area (Å²) in [6, 6.07) is 0. The van der Waals surface area contributed by atoms with E-state index in [-0.39, 0.29) is 18.0 Å². The van der Waals surface area contributed by atoms with Crippen LogP contribution in [0.4, 0.5) is 0 Å². The van der Waals surface area contributed by atoms with Crippen LogP contribution >= 0.6 is 15.9 Å². The number of carbonyl (C=O) groups excluding carboxylic acids is 2. The van der Waals surface area contributed by atoms with Crippen molar-refractivity contribution in [2.45, 2.75) is 26.2 Å². The maximum absolute atomic E-state index is 10.8. The van der Waals surface area contributed by atoms with E-state index in [2.05, 4.69) is 15.9 Å². The van der Waals surface area contributed by atoms with E-state index in [9.17, 15) is 9.59 Å². The zero-order valence-corrected chi connectivity index (χ0v) is 7.61. The van der Waals surface area contributed by atoms with Crippen LogP contribution in [0, 0.1) is 0 Å². The summed E-state index contributed by atoms with van der Waals surface area (Å²) in [5.74, 6) is 0.00604. The van der Waals surface area contributed by atoms with Gasteiger partial charge in [-0.2, -0.15) is 0 Å². The molecule has 58 valence electrons. The van der Waals surface area contributed by atoms with E-state index in [4.69, 9.17) is 0 Å². The minimum absolute atomic E-state index is 0.0421. The molecule has 0 radical (unpaired) electrons. The van der Waals surface area contributed by atoms with Gasteiger partial charge in [-0.15, -0.1) is 0 Å². The molecule has 0 spiro atoms. The molecule has 0 aliphatic rings. The van der Waals surface area contributed by atoms with Crippen molar-refractivity contribution >= 4 is 27.5 Å². The number of alkyl halides is 1. The van der Waals surface area contributed by atoms with Gasteiger partial charge in [-0.3, -0.25) is 9.59 Å². The second kappa shape index (κ2) is 5.59. The van der Waals surface area contributed by atoms with Crippen molar-refractivity contribution in [3.8, 4) is 0 Å². The Bertz CT molecular complexity index is 132. The van der Waals surface area contributed by atoms with Gasteiger partial charge in [-0.05, 0) is 13.3 Å². The highest BCUT2D eigenvalue weighted by molar-refractivity contribution is 9.09. The van der Waals surface area contributed by atoms with Crippen LogP contribution in [0.15, 0.2) is 0 Å². The Morgan fingerprint density at radius 1 is 1.40 bits per heavy atom. The van der Waals surface area contributed by atoms with Gasteiger partial charge in [0.25, 0.3) is 0 Å². The van der Waals surface area contributed by atoms with E-state index >= 15 is 0 Å². The highest BCUT2D eigenvalue weighted by Gasteiger charge is 2.03. The number of ketones is 2. The molecule has 0 rings (SSSR count). The summed E-state index contributed by atoms with van der Waals surface area (Å²) >= 11 is 3.21. The molecule has 0 aromatic rings. The lowest BCUT2D eigenvalue weighted by atomic mass is 10.1. The normalized spacial score (nSPS) is 9.40. The minimum Gasteiger partial charge on any atom is -0.300 e. The molecule has 0 atom stereocenters. The van der Waals surface area contributed by atoms with Gasteiger partial charge in [0.2, 0.25) is 0 Å². The van der Waals surface area contributed by atoms with Crippen molar-refractivity contribution in [2.75, 3.05) is 5.33 Å². The number of hydrogen-bond donors (Lipinski definition) is 0. The first-order valence-corrected chi connectivity index (χ1v) is 4.36. The molecule has 0 heterocycles. The van der Waals surface area contributed by atoms with Crippen LogP contribution in [0.2, 0.25) is 0 Å². The summed E-state index contributed by atoms with van der Waals surface area (Å²) in [7, 11) is 0. The average Bonchev–Trinajstić information content (AvgIpc) is 1.82. The molecule has 0 aliphatic carbocycles. The van der Waals surface area contributed by atoms with Gasteiger partial charge in [-0.25, -0.2) is 0 Å². The first-order chi connectivity index (χ1) is 4.66. The highest BCUT2D eigenvalue weighted by atomic mass is 79.9. The van der Waals surface area contributed by atoms with Crippen molar-refractivity contribution in [1.82, 2.24) is 0 Å².